The maximum Gasteiger partial charge on any atom is 0.306 e. The van der Waals surface area contributed by atoms with Gasteiger partial charge in [-0.25, -0.2) is 5.43 Å². The molecule has 1 saturated heterocycles. The van der Waals surface area contributed by atoms with E-state index in [1.54, 1.807) is 13.8 Å². The predicted octanol–water partition coefficient (Wildman–Crippen LogP) is 1.55. The Labute approximate surface area is 190 Å². The van der Waals surface area contributed by atoms with E-state index in [2.05, 4.69) is 16.2 Å². The summed E-state index contributed by atoms with van der Waals surface area (Å²) in [6.07, 6.45) is 0.138. The number of nitrogens with one attached hydrogen (secondary N) is 3. The highest BCUT2D eigenvalue weighted by Gasteiger charge is 2.35. The van der Waals surface area contributed by atoms with Gasteiger partial charge in [-0.2, -0.15) is 0 Å². The van der Waals surface area contributed by atoms with Gasteiger partial charge in [0.2, 0.25) is 11.7 Å². The van der Waals surface area contributed by atoms with Crippen molar-refractivity contribution >= 4 is 29.4 Å². The Kier molecular flexibility index (Phi) is 10.5. The minimum absolute atomic E-state index is 0.0778. The van der Waals surface area contributed by atoms with Crippen LogP contribution in [-0.4, -0.2) is 48.5 Å². The zero-order valence-electron chi connectivity index (χ0n) is 20.4. The average molecular weight is 454 g/mol. The third kappa shape index (κ3) is 9.06. The third-order valence-corrected chi connectivity index (χ3v) is 5.37. The second-order valence-electron chi connectivity index (χ2n) is 10.4. The van der Waals surface area contributed by atoms with Crippen molar-refractivity contribution in [1.82, 2.24) is 16.2 Å². The molecule has 0 bridgehead atoms. The van der Waals surface area contributed by atoms with Crippen LogP contribution in [0.15, 0.2) is 0 Å². The van der Waals surface area contributed by atoms with E-state index < -0.39 is 41.4 Å². The smallest absolute Gasteiger partial charge is 0.306 e. The highest BCUT2D eigenvalue weighted by molar-refractivity contribution is 6.37. The number of hydrazine groups is 1. The largest absolute Gasteiger partial charge is 0.465 e. The molecule has 3 unspecified atom stereocenters. The number of esters is 1. The molecular weight excluding hydrogens is 414 g/mol. The molecule has 9 heteroatoms. The number of hydrogen-bond acceptors (Lipinski definition) is 7. The van der Waals surface area contributed by atoms with Gasteiger partial charge >= 0.3 is 11.9 Å². The van der Waals surface area contributed by atoms with E-state index in [0.29, 0.717) is 13.0 Å². The van der Waals surface area contributed by atoms with Crippen molar-refractivity contribution in [1.29, 1.82) is 0 Å². The van der Waals surface area contributed by atoms with Crippen molar-refractivity contribution in [2.75, 3.05) is 13.2 Å². The fourth-order valence-corrected chi connectivity index (χ4v) is 3.38. The Bertz CT molecular complexity index is 711. The summed E-state index contributed by atoms with van der Waals surface area (Å²) in [5.41, 5.74) is 4.74. The van der Waals surface area contributed by atoms with Gasteiger partial charge in [0.15, 0.2) is 5.78 Å². The van der Waals surface area contributed by atoms with Crippen LogP contribution in [0.3, 0.4) is 0 Å². The Morgan fingerprint density at radius 3 is 2.25 bits per heavy atom. The minimum atomic E-state index is -0.818. The topological polar surface area (TPSA) is 131 Å². The first-order valence-corrected chi connectivity index (χ1v) is 11.3. The van der Waals surface area contributed by atoms with Crippen LogP contribution in [0.4, 0.5) is 0 Å². The van der Waals surface area contributed by atoms with Crippen LogP contribution in [0.2, 0.25) is 0 Å². The van der Waals surface area contributed by atoms with E-state index in [1.807, 2.05) is 34.6 Å². The van der Waals surface area contributed by atoms with E-state index in [1.165, 1.54) is 0 Å². The van der Waals surface area contributed by atoms with Crippen LogP contribution in [0.5, 0.6) is 0 Å². The molecule has 0 radical (unpaired) electrons. The number of rotatable bonds is 10. The zero-order valence-corrected chi connectivity index (χ0v) is 20.4. The van der Waals surface area contributed by atoms with Gasteiger partial charge < -0.3 is 10.1 Å². The van der Waals surface area contributed by atoms with E-state index in [-0.39, 0.29) is 42.5 Å². The van der Waals surface area contributed by atoms with E-state index >= 15 is 0 Å². The molecule has 0 spiro atoms. The Balaban J connectivity index is 2.83. The quantitative estimate of drug-likeness (QED) is 0.338. The summed E-state index contributed by atoms with van der Waals surface area (Å²) in [5.74, 6) is -4.31. The Morgan fingerprint density at radius 1 is 1.09 bits per heavy atom. The minimum Gasteiger partial charge on any atom is -0.465 e. The Hall–Kier alpha value is -2.29. The Morgan fingerprint density at radius 2 is 1.72 bits per heavy atom. The van der Waals surface area contributed by atoms with Gasteiger partial charge in [0.1, 0.15) is 0 Å². The van der Waals surface area contributed by atoms with Crippen LogP contribution in [0.1, 0.15) is 67.7 Å². The first-order chi connectivity index (χ1) is 14.7. The summed E-state index contributed by atoms with van der Waals surface area (Å²) in [6, 6.07) is -0.818. The summed E-state index contributed by atoms with van der Waals surface area (Å²) >= 11 is 0. The number of amides is 2. The summed E-state index contributed by atoms with van der Waals surface area (Å²) < 4.78 is 5.30. The summed E-state index contributed by atoms with van der Waals surface area (Å²) in [6.45, 7) is 13.7. The number of carbonyl (C=O) groups is 5. The molecule has 1 fully saturated rings. The molecule has 32 heavy (non-hydrogen) atoms. The van der Waals surface area contributed by atoms with Gasteiger partial charge in [0.25, 0.3) is 0 Å². The summed E-state index contributed by atoms with van der Waals surface area (Å²) in [7, 11) is 0. The molecule has 182 valence electrons. The monoisotopic (exact) mass is 453 g/mol. The number of ketones is 2. The molecule has 9 nitrogen and oxygen atoms in total. The van der Waals surface area contributed by atoms with Crippen molar-refractivity contribution in [2.24, 2.45) is 29.1 Å². The fraction of sp³-hybridized carbons (Fsp3) is 0.783. The first kappa shape index (κ1) is 27.7. The molecule has 3 atom stereocenters. The second kappa shape index (κ2) is 12.1. The van der Waals surface area contributed by atoms with Crippen molar-refractivity contribution in [3.8, 4) is 0 Å². The molecule has 1 rings (SSSR count). The van der Waals surface area contributed by atoms with Crippen molar-refractivity contribution < 1.29 is 28.7 Å². The first-order valence-electron chi connectivity index (χ1n) is 11.3. The standard InChI is InChI=1S/C23H39N3O6/c1-13(2)16(11-18(28)32-12-23(5,6)7)21(30)25-19(14(3)4)17(27)10-15-8-9-24-26-22(31)20(15)29/h13-16,19,24H,8-12H2,1-7H3,(H,25,30)(H,26,31). The molecule has 0 aliphatic carbocycles. The molecule has 0 aromatic heterocycles. The van der Waals surface area contributed by atoms with Gasteiger partial charge in [0.05, 0.1) is 25.0 Å². The number of hydrogen-bond donors (Lipinski definition) is 3. The maximum absolute atomic E-state index is 13.0. The van der Waals surface area contributed by atoms with Crippen molar-refractivity contribution in [3.63, 3.8) is 0 Å². The molecule has 0 aromatic rings. The molecule has 1 heterocycles. The molecule has 1 aliphatic heterocycles. The van der Waals surface area contributed by atoms with Gasteiger partial charge in [-0.05, 0) is 23.7 Å². The molecule has 0 aromatic carbocycles. The van der Waals surface area contributed by atoms with Gasteiger partial charge in [0, 0.05) is 18.9 Å². The van der Waals surface area contributed by atoms with E-state index in [0.717, 1.165) is 0 Å². The predicted molar refractivity (Wildman–Crippen MR) is 119 cm³/mol. The lowest BCUT2D eigenvalue weighted by Gasteiger charge is -2.27. The highest BCUT2D eigenvalue weighted by atomic mass is 16.5. The van der Waals surface area contributed by atoms with Crippen LogP contribution in [0, 0.1) is 29.1 Å². The van der Waals surface area contributed by atoms with Gasteiger partial charge in [-0.3, -0.25) is 29.4 Å². The molecule has 2 amide bonds. The second-order valence-corrected chi connectivity index (χ2v) is 10.4. The molecule has 3 N–H and O–H groups in total. The maximum atomic E-state index is 13.0. The van der Waals surface area contributed by atoms with Gasteiger partial charge in [-0.15, -0.1) is 0 Å². The fourth-order valence-electron chi connectivity index (χ4n) is 3.38. The lowest BCUT2D eigenvalue weighted by Crippen LogP contribution is -2.48. The molecule has 0 saturated carbocycles. The number of carbonyl (C=O) groups excluding carboxylic acids is 5. The summed E-state index contributed by atoms with van der Waals surface area (Å²) in [4.78, 5) is 62.2. The highest BCUT2D eigenvalue weighted by Crippen LogP contribution is 2.21. The van der Waals surface area contributed by atoms with E-state index in [4.69, 9.17) is 4.74 Å². The normalized spacial score (nSPS) is 19.2. The molecule has 1 aliphatic rings. The van der Waals surface area contributed by atoms with Crippen molar-refractivity contribution in [3.05, 3.63) is 0 Å². The lowest BCUT2D eigenvalue weighted by atomic mass is 9.87. The lowest BCUT2D eigenvalue weighted by molar-refractivity contribution is -0.150. The van der Waals surface area contributed by atoms with E-state index in [9.17, 15) is 24.0 Å². The van der Waals surface area contributed by atoms with Crippen molar-refractivity contribution in [2.45, 2.75) is 73.8 Å². The number of Topliss-reactive ketones (excluding diaryl/α,β-unsaturated/α-hetero) is 2. The number of ether oxygens (including phenoxy) is 1. The van der Waals surface area contributed by atoms with Crippen LogP contribution in [0.25, 0.3) is 0 Å². The van der Waals surface area contributed by atoms with Crippen LogP contribution >= 0.6 is 0 Å². The SMILES string of the molecule is CC(C)C(CC(=O)OCC(C)(C)C)C(=O)NC(C(=O)CC1CCNNC(=O)C1=O)C(C)C. The third-order valence-electron chi connectivity index (χ3n) is 5.37. The van der Waals surface area contributed by atoms with Crippen LogP contribution in [-0.2, 0) is 28.7 Å². The average Bonchev–Trinajstić information content (AvgIpc) is 2.83. The van der Waals surface area contributed by atoms with Crippen LogP contribution < -0.4 is 16.2 Å². The molecular formula is C23H39N3O6. The van der Waals surface area contributed by atoms with Gasteiger partial charge in [-0.1, -0.05) is 48.5 Å². The summed E-state index contributed by atoms with van der Waals surface area (Å²) in [5, 5.41) is 2.78. The zero-order chi connectivity index (χ0) is 24.6.